The van der Waals surface area contributed by atoms with E-state index in [1.54, 1.807) is 22.8 Å². The molecule has 2 aromatic carbocycles. The van der Waals surface area contributed by atoms with Crippen molar-refractivity contribution in [1.82, 2.24) is 23.8 Å². The summed E-state index contributed by atoms with van der Waals surface area (Å²) in [6.45, 7) is 0.695. The van der Waals surface area contributed by atoms with Crippen molar-refractivity contribution in [2.75, 3.05) is 31.5 Å². The van der Waals surface area contributed by atoms with Gasteiger partial charge < -0.3 is 10.2 Å². The molecule has 1 atom stereocenters. The third-order valence-electron chi connectivity index (χ3n) is 7.99. The molecular formula is C29H27BrClF3N6O3S. The highest BCUT2D eigenvalue weighted by Gasteiger charge is 2.43. The molecule has 1 N–H and O–H groups in total. The van der Waals surface area contributed by atoms with Gasteiger partial charge in [0.25, 0.3) is 0 Å². The number of amides is 1. The van der Waals surface area contributed by atoms with Gasteiger partial charge >= 0.3 is 12.1 Å². The van der Waals surface area contributed by atoms with E-state index in [0.29, 0.717) is 56.6 Å². The second-order valence-electron chi connectivity index (χ2n) is 10.9. The number of carbonyl (C=O) groups excluding carboxylic acids is 1. The number of carbonyl (C=O) groups is 1. The number of aromatic nitrogens is 3. The summed E-state index contributed by atoms with van der Waals surface area (Å²) >= 11 is 9.94. The Balaban J connectivity index is 1.19. The minimum Gasteiger partial charge on any atom is -0.370 e. The smallest absolute Gasteiger partial charge is 0.370 e. The van der Waals surface area contributed by atoms with Gasteiger partial charge in [-0.15, -0.1) is 0 Å². The van der Waals surface area contributed by atoms with Gasteiger partial charge in [0.15, 0.2) is 5.65 Å². The number of alkyl halides is 3. The lowest BCUT2D eigenvalue weighted by atomic mass is 10.00. The summed E-state index contributed by atoms with van der Waals surface area (Å²) < 4.78 is 70.2. The highest BCUT2D eigenvalue weighted by Crippen LogP contribution is 2.32. The van der Waals surface area contributed by atoms with Gasteiger partial charge in [0.05, 0.1) is 21.3 Å². The summed E-state index contributed by atoms with van der Waals surface area (Å²) in [5, 5.41) is 8.40. The molecule has 0 bridgehead atoms. The Morgan fingerprint density at radius 2 is 1.91 bits per heavy atom. The Kier molecular flexibility index (Phi) is 8.37. The maximum Gasteiger partial charge on any atom is 0.471 e. The topological polar surface area (TPSA) is 99.9 Å². The van der Waals surface area contributed by atoms with Crippen molar-refractivity contribution in [3.05, 3.63) is 75.4 Å². The predicted octanol–water partition coefficient (Wildman–Crippen LogP) is 5.77. The minimum atomic E-state index is -4.98. The lowest BCUT2D eigenvalue weighted by Crippen LogP contribution is -2.44. The summed E-state index contributed by atoms with van der Waals surface area (Å²) in [5.41, 5.74) is 3.16. The van der Waals surface area contributed by atoms with E-state index in [1.807, 2.05) is 24.3 Å². The Bertz CT molecular complexity index is 1850. The van der Waals surface area contributed by atoms with Crippen LogP contribution in [-0.2, 0) is 27.8 Å². The first-order valence-electron chi connectivity index (χ1n) is 13.9. The minimum absolute atomic E-state index is 0.00721. The van der Waals surface area contributed by atoms with E-state index in [0.717, 1.165) is 17.5 Å². The number of anilines is 1. The van der Waals surface area contributed by atoms with Crippen LogP contribution >= 0.6 is 27.5 Å². The number of hydrogen-bond acceptors (Lipinski definition) is 6. The average molecular weight is 712 g/mol. The highest BCUT2D eigenvalue weighted by atomic mass is 79.9. The molecule has 4 heterocycles. The Labute approximate surface area is 265 Å². The molecular weight excluding hydrogens is 685 g/mol. The van der Waals surface area contributed by atoms with Crippen molar-refractivity contribution in [3.8, 4) is 11.3 Å². The number of halogens is 5. The zero-order valence-electron chi connectivity index (χ0n) is 23.2. The van der Waals surface area contributed by atoms with Gasteiger partial charge in [0.2, 0.25) is 10.0 Å². The summed E-state index contributed by atoms with van der Waals surface area (Å²) in [6, 6.07) is 13.8. The SMILES string of the molecule is O=C(N1CCc2ccc(S(=O)(=O)N3CCCC(CNc4cc(-c5ccccc5Cl)nc5c(Br)cnn45)C3)cc2C1)C(F)(F)F. The fourth-order valence-electron chi connectivity index (χ4n) is 5.73. The molecule has 0 saturated carbocycles. The lowest BCUT2D eigenvalue weighted by molar-refractivity contribution is -0.186. The van der Waals surface area contributed by atoms with Crippen LogP contribution in [0.3, 0.4) is 0 Å². The molecule has 2 aliphatic heterocycles. The quantitative estimate of drug-likeness (QED) is 0.273. The third-order valence-corrected chi connectivity index (χ3v) is 10.7. The van der Waals surface area contributed by atoms with Crippen LogP contribution in [0.25, 0.3) is 16.9 Å². The second kappa shape index (κ2) is 12.0. The lowest BCUT2D eigenvalue weighted by Gasteiger charge is -2.33. The fraction of sp³-hybridized carbons (Fsp3) is 0.345. The Morgan fingerprint density at radius 1 is 1.11 bits per heavy atom. The van der Waals surface area contributed by atoms with Crippen LogP contribution in [0.4, 0.5) is 19.0 Å². The molecule has 9 nitrogen and oxygen atoms in total. The van der Waals surface area contributed by atoms with Gasteiger partial charge in [0.1, 0.15) is 5.82 Å². The number of nitrogens with zero attached hydrogens (tertiary/aromatic N) is 5. The molecule has 1 fully saturated rings. The van der Waals surface area contributed by atoms with Crippen LogP contribution in [0.2, 0.25) is 5.02 Å². The molecule has 0 spiro atoms. The van der Waals surface area contributed by atoms with Gasteiger partial charge in [0, 0.05) is 49.4 Å². The number of rotatable bonds is 6. The summed E-state index contributed by atoms with van der Waals surface area (Å²) in [4.78, 5) is 17.2. The van der Waals surface area contributed by atoms with Gasteiger partial charge in [-0.05, 0) is 70.4 Å². The van der Waals surface area contributed by atoms with Crippen LogP contribution in [0.1, 0.15) is 24.0 Å². The molecule has 1 amide bonds. The van der Waals surface area contributed by atoms with Crippen molar-refractivity contribution in [1.29, 1.82) is 0 Å². The number of sulfonamides is 1. The highest BCUT2D eigenvalue weighted by molar-refractivity contribution is 9.10. The van der Waals surface area contributed by atoms with Crippen molar-refractivity contribution in [2.24, 2.45) is 5.92 Å². The predicted molar refractivity (Wildman–Crippen MR) is 163 cm³/mol. The zero-order chi connectivity index (χ0) is 31.2. The number of hydrogen-bond donors (Lipinski definition) is 1. The molecule has 0 aliphatic carbocycles. The number of fused-ring (bicyclic) bond motifs is 2. The van der Waals surface area contributed by atoms with E-state index in [9.17, 15) is 26.4 Å². The van der Waals surface area contributed by atoms with Gasteiger partial charge in [-0.3, -0.25) is 4.79 Å². The third kappa shape index (κ3) is 6.04. The Morgan fingerprint density at radius 3 is 2.68 bits per heavy atom. The van der Waals surface area contributed by atoms with E-state index in [-0.39, 0.29) is 36.9 Å². The molecule has 1 saturated heterocycles. The molecule has 6 rings (SSSR count). The summed E-state index contributed by atoms with van der Waals surface area (Å²) in [5.74, 6) is -1.28. The van der Waals surface area contributed by atoms with Crippen LogP contribution < -0.4 is 5.32 Å². The maximum absolute atomic E-state index is 13.7. The van der Waals surface area contributed by atoms with Crippen LogP contribution in [-0.4, -0.2) is 70.5 Å². The first kappa shape index (κ1) is 30.8. The van der Waals surface area contributed by atoms with Crippen molar-refractivity contribution < 1.29 is 26.4 Å². The van der Waals surface area contributed by atoms with Crippen LogP contribution in [0.15, 0.2) is 64.1 Å². The van der Waals surface area contributed by atoms with Crippen LogP contribution in [0, 0.1) is 5.92 Å². The van der Waals surface area contributed by atoms with E-state index >= 15 is 0 Å². The van der Waals surface area contributed by atoms with Crippen molar-refractivity contribution in [3.63, 3.8) is 0 Å². The zero-order valence-corrected chi connectivity index (χ0v) is 26.3. The normalized spacial score (nSPS) is 17.9. The van der Waals surface area contributed by atoms with Crippen LogP contribution in [0.5, 0.6) is 0 Å². The van der Waals surface area contributed by atoms with Gasteiger partial charge in [-0.25, -0.2) is 13.4 Å². The molecule has 1 unspecified atom stereocenters. The van der Waals surface area contributed by atoms with E-state index in [2.05, 4.69) is 26.3 Å². The van der Waals surface area contributed by atoms with E-state index in [1.165, 1.54) is 16.4 Å². The molecule has 0 radical (unpaired) electrons. The number of nitrogens with one attached hydrogen (secondary N) is 1. The largest absolute Gasteiger partial charge is 0.471 e. The fourth-order valence-corrected chi connectivity index (χ4v) is 7.91. The standard InChI is InChI=1S/C29H27BrClF3N6O3S/c30-23-15-36-40-26(13-25(37-27(23)40)22-5-1-2-6-24(22)31)35-14-18-4-3-10-39(16-18)44(42,43)21-8-7-19-9-11-38(17-20(19)12-21)28(41)29(32,33)34/h1-2,5-8,12-13,15,18,35H,3-4,9-11,14,16-17H2. The molecule has 4 aromatic rings. The molecule has 2 aliphatic rings. The van der Waals surface area contributed by atoms with E-state index < -0.39 is 22.1 Å². The molecule has 15 heteroatoms. The monoisotopic (exact) mass is 710 g/mol. The number of piperidine rings is 1. The van der Waals surface area contributed by atoms with Crippen molar-refractivity contribution >= 4 is 54.9 Å². The van der Waals surface area contributed by atoms with Gasteiger partial charge in [-0.2, -0.15) is 27.1 Å². The molecule has 232 valence electrons. The Hall–Kier alpha value is -3.20. The maximum atomic E-state index is 13.7. The number of benzene rings is 2. The summed E-state index contributed by atoms with van der Waals surface area (Å²) in [6.07, 6.45) is -1.66. The average Bonchev–Trinajstić information content (AvgIpc) is 3.39. The van der Waals surface area contributed by atoms with Gasteiger partial charge in [-0.1, -0.05) is 35.9 Å². The second-order valence-corrected chi connectivity index (χ2v) is 14.1. The van der Waals surface area contributed by atoms with Crippen molar-refractivity contribution in [2.45, 2.75) is 36.9 Å². The van der Waals surface area contributed by atoms with E-state index in [4.69, 9.17) is 16.6 Å². The molecule has 44 heavy (non-hydrogen) atoms. The summed E-state index contributed by atoms with van der Waals surface area (Å²) in [7, 11) is -3.92. The molecule has 2 aromatic heterocycles. The first-order chi connectivity index (χ1) is 20.9. The first-order valence-corrected chi connectivity index (χ1v) is 16.5.